The van der Waals surface area contributed by atoms with Crippen molar-refractivity contribution in [2.24, 2.45) is 4.99 Å². The number of amidine groups is 1. The highest BCUT2D eigenvalue weighted by atomic mass is 15.1. The van der Waals surface area contributed by atoms with E-state index in [-0.39, 0.29) is 0 Å². The van der Waals surface area contributed by atoms with Crippen molar-refractivity contribution in [1.82, 2.24) is 4.90 Å². The fourth-order valence-corrected chi connectivity index (χ4v) is 0.966. The van der Waals surface area contributed by atoms with E-state index in [0.29, 0.717) is 5.84 Å². The molecule has 16 heavy (non-hydrogen) atoms. The molecule has 0 aromatic heterocycles. The van der Waals surface area contributed by atoms with Crippen LogP contribution < -0.4 is 0 Å². The van der Waals surface area contributed by atoms with Gasteiger partial charge in [0.1, 0.15) is 5.84 Å². The van der Waals surface area contributed by atoms with Crippen molar-refractivity contribution >= 4 is 5.84 Å². The summed E-state index contributed by atoms with van der Waals surface area (Å²) < 4.78 is 0. The molecule has 0 N–H and O–H groups in total. The maximum atomic E-state index is 5.18. The van der Waals surface area contributed by atoms with Crippen molar-refractivity contribution in [1.29, 1.82) is 0 Å². The summed E-state index contributed by atoms with van der Waals surface area (Å²) in [6, 6.07) is 2.25. The minimum absolute atomic E-state index is 0.626. The summed E-state index contributed by atoms with van der Waals surface area (Å²) in [5, 5.41) is 0. The fourth-order valence-electron chi connectivity index (χ4n) is 0.966. The van der Waals surface area contributed by atoms with Crippen LogP contribution >= 0.6 is 0 Å². The Hall–Kier alpha value is -2.27. The van der Waals surface area contributed by atoms with Crippen LogP contribution in [-0.4, -0.2) is 17.8 Å². The van der Waals surface area contributed by atoms with Gasteiger partial charge in [-0.2, -0.15) is 4.99 Å². The smallest absolute Gasteiger partial charge is 0.150 e. The molecule has 0 atom stereocenters. The SMILES string of the molecule is C#C/N=C(/C(C=C)=C/C=C\C=C)N(C)C=C. The van der Waals surface area contributed by atoms with E-state index < -0.39 is 0 Å². The first-order chi connectivity index (χ1) is 7.71. The molecule has 0 aliphatic rings. The number of rotatable bonds is 5. The van der Waals surface area contributed by atoms with E-state index in [2.05, 4.69) is 30.8 Å². The number of hydrogen-bond donors (Lipinski definition) is 0. The third kappa shape index (κ3) is 4.30. The predicted octanol–water partition coefficient (Wildman–Crippen LogP) is 2.91. The van der Waals surface area contributed by atoms with E-state index in [0.717, 1.165) is 5.57 Å². The van der Waals surface area contributed by atoms with Gasteiger partial charge in [0.05, 0.1) is 0 Å². The van der Waals surface area contributed by atoms with E-state index >= 15 is 0 Å². The normalized spacial score (nSPS) is 12.0. The molecule has 0 aromatic rings. The summed E-state index contributed by atoms with van der Waals surface area (Å²) in [7, 11) is 1.82. The second kappa shape index (κ2) is 8.07. The number of allylic oxidation sites excluding steroid dienone is 4. The van der Waals surface area contributed by atoms with E-state index in [4.69, 9.17) is 6.42 Å². The van der Waals surface area contributed by atoms with Gasteiger partial charge in [-0.05, 0) is 6.20 Å². The van der Waals surface area contributed by atoms with Crippen molar-refractivity contribution in [3.63, 3.8) is 0 Å². The minimum Gasteiger partial charge on any atom is -0.336 e. The van der Waals surface area contributed by atoms with Gasteiger partial charge in [-0.3, -0.25) is 0 Å². The monoisotopic (exact) mass is 212 g/mol. The van der Waals surface area contributed by atoms with E-state index in [9.17, 15) is 0 Å². The third-order valence-corrected chi connectivity index (χ3v) is 1.78. The Morgan fingerprint density at radius 2 is 2.00 bits per heavy atom. The summed E-state index contributed by atoms with van der Waals surface area (Å²) in [4.78, 5) is 5.68. The second-order valence-electron chi connectivity index (χ2n) is 2.80. The molecule has 0 amide bonds. The molecule has 0 heterocycles. The Labute approximate surface area is 97.7 Å². The third-order valence-electron chi connectivity index (χ3n) is 1.78. The van der Waals surface area contributed by atoms with Gasteiger partial charge in [0.2, 0.25) is 0 Å². The molecule has 0 bridgehead atoms. The van der Waals surface area contributed by atoms with Crippen LogP contribution in [0.3, 0.4) is 0 Å². The Bertz CT molecular complexity index is 389. The highest BCUT2D eigenvalue weighted by molar-refractivity contribution is 6.01. The Kier molecular flexibility index (Phi) is 6.93. The maximum absolute atomic E-state index is 5.18. The molecule has 2 nitrogen and oxygen atoms in total. The summed E-state index contributed by atoms with van der Waals surface area (Å²) in [5.41, 5.74) is 0.818. The second-order valence-corrected chi connectivity index (χ2v) is 2.80. The van der Waals surface area contributed by atoms with Crippen LogP contribution in [0.15, 0.2) is 66.9 Å². The average Bonchev–Trinajstić information content (AvgIpc) is 2.31. The Balaban J connectivity index is 5.25. The summed E-state index contributed by atoms with van der Waals surface area (Å²) in [6.45, 7) is 11.0. The quantitative estimate of drug-likeness (QED) is 0.296. The van der Waals surface area contributed by atoms with Gasteiger partial charge in [0.15, 0.2) is 0 Å². The van der Waals surface area contributed by atoms with E-state index in [1.54, 1.807) is 23.3 Å². The number of hydrogen-bond acceptors (Lipinski definition) is 1. The molecule has 2 heteroatoms. The van der Waals surface area contributed by atoms with Crippen LogP contribution in [0.4, 0.5) is 0 Å². The molecular formula is C14H16N2. The largest absolute Gasteiger partial charge is 0.336 e. The molecule has 0 saturated carbocycles. The maximum Gasteiger partial charge on any atom is 0.150 e. The lowest BCUT2D eigenvalue weighted by atomic mass is 10.2. The summed E-state index contributed by atoms with van der Waals surface area (Å²) in [5.74, 6) is 0.626. The van der Waals surface area contributed by atoms with Gasteiger partial charge in [-0.25, -0.2) is 0 Å². The van der Waals surface area contributed by atoms with Crippen LogP contribution in [0.5, 0.6) is 0 Å². The molecule has 82 valence electrons. The van der Waals surface area contributed by atoms with Crippen molar-refractivity contribution in [3.05, 3.63) is 61.9 Å². The lowest BCUT2D eigenvalue weighted by Gasteiger charge is -2.15. The lowest BCUT2D eigenvalue weighted by molar-refractivity contribution is 0.692. The summed E-state index contributed by atoms with van der Waals surface area (Å²) in [6.07, 6.45) is 15.7. The van der Waals surface area contributed by atoms with Gasteiger partial charge >= 0.3 is 0 Å². The Morgan fingerprint density at radius 3 is 2.44 bits per heavy atom. The van der Waals surface area contributed by atoms with Crippen LogP contribution in [0.2, 0.25) is 0 Å². The summed E-state index contributed by atoms with van der Waals surface area (Å²) >= 11 is 0. The van der Waals surface area contributed by atoms with Crippen LogP contribution in [0, 0.1) is 12.5 Å². The van der Waals surface area contributed by atoms with Crippen molar-refractivity contribution in [2.45, 2.75) is 0 Å². The minimum atomic E-state index is 0.626. The zero-order valence-electron chi connectivity index (χ0n) is 9.56. The van der Waals surface area contributed by atoms with E-state index in [1.807, 2.05) is 25.3 Å². The zero-order chi connectivity index (χ0) is 12.4. The first-order valence-corrected chi connectivity index (χ1v) is 4.72. The van der Waals surface area contributed by atoms with E-state index in [1.165, 1.54) is 0 Å². The number of aliphatic imine (C=N–C) groups is 1. The fraction of sp³-hybridized carbons (Fsp3) is 0.0714. The topological polar surface area (TPSA) is 15.6 Å². The van der Waals surface area contributed by atoms with Crippen molar-refractivity contribution < 1.29 is 0 Å². The molecule has 0 aliphatic heterocycles. The standard InChI is InChI=1S/C14H16N2/c1-6-10-11-12-13(7-2)14(15-8-3)16(5)9-4/h3,6-7,9-12H,1-2,4H2,5H3/b11-10-,13-12+,15-14-. The number of terminal acetylenes is 1. The van der Waals surface area contributed by atoms with Gasteiger partial charge in [-0.15, -0.1) is 0 Å². The molecule has 0 aromatic carbocycles. The first-order valence-electron chi connectivity index (χ1n) is 4.72. The molecule has 0 unspecified atom stereocenters. The lowest BCUT2D eigenvalue weighted by Crippen LogP contribution is -2.21. The molecule has 0 aliphatic carbocycles. The van der Waals surface area contributed by atoms with Crippen LogP contribution in [-0.2, 0) is 0 Å². The highest BCUT2D eigenvalue weighted by Crippen LogP contribution is 2.05. The zero-order valence-corrected chi connectivity index (χ0v) is 9.56. The Morgan fingerprint density at radius 1 is 1.31 bits per heavy atom. The van der Waals surface area contributed by atoms with Gasteiger partial charge in [0.25, 0.3) is 0 Å². The highest BCUT2D eigenvalue weighted by Gasteiger charge is 2.05. The molecule has 0 fully saturated rings. The van der Waals surface area contributed by atoms with Crippen LogP contribution in [0.1, 0.15) is 0 Å². The predicted molar refractivity (Wildman–Crippen MR) is 71.8 cm³/mol. The molecule has 0 rings (SSSR count). The molecule has 0 spiro atoms. The average molecular weight is 212 g/mol. The number of nitrogens with zero attached hydrogens (tertiary/aromatic N) is 2. The number of likely N-dealkylation sites (N-methyl/N-ethyl adjacent to an activating group) is 1. The van der Waals surface area contributed by atoms with Gasteiger partial charge < -0.3 is 4.90 Å². The molecule has 0 radical (unpaired) electrons. The molecular weight excluding hydrogens is 196 g/mol. The first kappa shape index (κ1) is 13.7. The molecule has 0 saturated heterocycles. The van der Waals surface area contributed by atoms with Gasteiger partial charge in [0, 0.05) is 18.7 Å². The van der Waals surface area contributed by atoms with Crippen LogP contribution in [0.25, 0.3) is 0 Å². The van der Waals surface area contributed by atoms with Crippen molar-refractivity contribution in [2.75, 3.05) is 7.05 Å². The van der Waals surface area contributed by atoms with Gasteiger partial charge in [-0.1, -0.05) is 56.5 Å². The van der Waals surface area contributed by atoms with Crippen molar-refractivity contribution in [3.8, 4) is 12.5 Å².